The maximum absolute atomic E-state index is 14.6. The Morgan fingerprint density at radius 3 is 2.60 bits per heavy atom. The quantitative estimate of drug-likeness (QED) is 0.849. The highest BCUT2D eigenvalue weighted by Crippen LogP contribution is 2.42. The summed E-state index contributed by atoms with van der Waals surface area (Å²) >= 11 is 3.24. The van der Waals surface area contributed by atoms with Gasteiger partial charge in [0.2, 0.25) is 0 Å². The fraction of sp³-hybridized carbons (Fsp3) is 0.778. The summed E-state index contributed by atoms with van der Waals surface area (Å²) in [5, 5.41) is 7.62. The fourth-order valence-corrected chi connectivity index (χ4v) is 2.82. The summed E-state index contributed by atoms with van der Waals surface area (Å²) in [4.78, 5) is 0. The van der Waals surface area contributed by atoms with Crippen molar-refractivity contribution in [1.82, 2.24) is 15.0 Å². The average Bonchev–Trinajstić information content (AvgIpc) is 2.52. The molecule has 0 unspecified atom stereocenters. The number of aryl methyl sites for hydroxylation is 1. The first kappa shape index (κ1) is 11.0. The average molecular weight is 277 g/mol. The molecule has 0 saturated heterocycles. The Hall–Kier alpha value is -0.490. The van der Waals surface area contributed by atoms with Gasteiger partial charge in [-0.3, -0.25) is 0 Å². The van der Waals surface area contributed by atoms with Crippen LogP contribution < -0.4 is 5.73 Å². The summed E-state index contributed by atoms with van der Waals surface area (Å²) in [6, 6.07) is 0.133. The summed E-state index contributed by atoms with van der Waals surface area (Å²) in [5.74, 6) is 0. The molecule has 2 N–H and O–H groups in total. The number of alkyl halides is 1. The molecule has 0 aliphatic heterocycles. The standard InChI is InChI=1S/C9H14BrFN4/c1-15-7(8(10)13-14-15)9(11)4-2-6(12)3-5-9/h6H,2-5,12H2,1H3. The van der Waals surface area contributed by atoms with Crippen LogP contribution in [0.2, 0.25) is 0 Å². The Balaban J connectivity index is 2.30. The molecule has 1 heterocycles. The number of halogens is 2. The van der Waals surface area contributed by atoms with Crippen LogP contribution in [0.5, 0.6) is 0 Å². The van der Waals surface area contributed by atoms with E-state index in [0.717, 1.165) is 0 Å². The zero-order valence-electron chi connectivity index (χ0n) is 8.58. The van der Waals surface area contributed by atoms with E-state index in [2.05, 4.69) is 26.2 Å². The largest absolute Gasteiger partial charge is 0.328 e. The lowest BCUT2D eigenvalue weighted by Crippen LogP contribution is -2.35. The third-order valence-corrected chi connectivity index (χ3v) is 3.57. The molecule has 0 amide bonds. The normalized spacial score (nSPS) is 31.9. The van der Waals surface area contributed by atoms with Gasteiger partial charge in [-0.1, -0.05) is 5.21 Å². The molecule has 2 rings (SSSR count). The monoisotopic (exact) mass is 276 g/mol. The van der Waals surface area contributed by atoms with Gasteiger partial charge in [0.15, 0.2) is 10.3 Å². The van der Waals surface area contributed by atoms with Crippen molar-refractivity contribution in [2.24, 2.45) is 12.8 Å². The van der Waals surface area contributed by atoms with Gasteiger partial charge >= 0.3 is 0 Å². The van der Waals surface area contributed by atoms with E-state index in [9.17, 15) is 4.39 Å². The van der Waals surface area contributed by atoms with Crippen LogP contribution in [-0.2, 0) is 12.7 Å². The lowest BCUT2D eigenvalue weighted by molar-refractivity contribution is 0.0875. The summed E-state index contributed by atoms with van der Waals surface area (Å²) in [5.41, 5.74) is 4.98. The van der Waals surface area contributed by atoms with Crippen molar-refractivity contribution < 1.29 is 4.39 Å². The molecule has 1 aromatic rings. The van der Waals surface area contributed by atoms with E-state index in [0.29, 0.717) is 36.0 Å². The molecule has 0 radical (unpaired) electrons. The molecule has 1 fully saturated rings. The van der Waals surface area contributed by atoms with Crippen LogP contribution in [0.4, 0.5) is 4.39 Å². The molecule has 15 heavy (non-hydrogen) atoms. The van der Waals surface area contributed by atoms with Crippen LogP contribution in [0, 0.1) is 0 Å². The van der Waals surface area contributed by atoms with Gasteiger partial charge in [0.1, 0.15) is 5.69 Å². The summed E-state index contributed by atoms with van der Waals surface area (Å²) in [7, 11) is 1.71. The molecule has 1 saturated carbocycles. The second-order valence-corrected chi connectivity index (χ2v) is 4.91. The van der Waals surface area contributed by atoms with Crippen molar-refractivity contribution in [1.29, 1.82) is 0 Å². The van der Waals surface area contributed by atoms with E-state index < -0.39 is 5.67 Å². The molecule has 0 atom stereocenters. The molecule has 1 aliphatic rings. The topological polar surface area (TPSA) is 56.7 Å². The van der Waals surface area contributed by atoms with Gasteiger partial charge in [-0.05, 0) is 41.6 Å². The van der Waals surface area contributed by atoms with Crippen LogP contribution >= 0.6 is 15.9 Å². The van der Waals surface area contributed by atoms with Crippen LogP contribution in [0.25, 0.3) is 0 Å². The number of hydrogen-bond donors (Lipinski definition) is 1. The minimum atomic E-state index is -1.33. The van der Waals surface area contributed by atoms with Gasteiger partial charge in [0.05, 0.1) is 0 Å². The van der Waals surface area contributed by atoms with Crippen LogP contribution in [0.15, 0.2) is 4.60 Å². The molecule has 4 nitrogen and oxygen atoms in total. The van der Waals surface area contributed by atoms with Crippen LogP contribution in [0.3, 0.4) is 0 Å². The Morgan fingerprint density at radius 1 is 1.53 bits per heavy atom. The third kappa shape index (κ3) is 1.92. The second kappa shape index (κ2) is 3.83. The van der Waals surface area contributed by atoms with E-state index in [1.54, 1.807) is 7.05 Å². The van der Waals surface area contributed by atoms with Gasteiger partial charge < -0.3 is 5.73 Å². The smallest absolute Gasteiger partial charge is 0.155 e. The molecule has 0 aromatic carbocycles. The summed E-state index contributed by atoms with van der Waals surface area (Å²) in [6.07, 6.45) is 2.34. The predicted molar refractivity (Wildman–Crippen MR) is 57.9 cm³/mol. The number of hydrogen-bond acceptors (Lipinski definition) is 3. The number of nitrogens with zero attached hydrogens (tertiary/aromatic N) is 3. The Labute approximate surface area is 96.1 Å². The maximum Gasteiger partial charge on any atom is 0.155 e. The van der Waals surface area contributed by atoms with Crippen molar-refractivity contribution in [3.05, 3.63) is 10.3 Å². The highest BCUT2D eigenvalue weighted by Gasteiger charge is 2.40. The first-order valence-electron chi connectivity index (χ1n) is 5.03. The first-order valence-corrected chi connectivity index (χ1v) is 5.82. The number of rotatable bonds is 1. The predicted octanol–water partition coefficient (Wildman–Crippen LogP) is 1.64. The molecular formula is C9H14BrFN4. The van der Waals surface area contributed by atoms with E-state index in [1.807, 2.05) is 0 Å². The lowest BCUT2D eigenvalue weighted by atomic mass is 9.82. The molecule has 84 valence electrons. The molecule has 0 bridgehead atoms. The molecule has 1 aromatic heterocycles. The van der Waals surface area contributed by atoms with E-state index in [4.69, 9.17) is 5.73 Å². The second-order valence-electron chi connectivity index (χ2n) is 4.16. The van der Waals surface area contributed by atoms with Crippen molar-refractivity contribution in [2.45, 2.75) is 37.4 Å². The minimum absolute atomic E-state index is 0.133. The lowest BCUT2D eigenvalue weighted by Gasteiger charge is -2.32. The van der Waals surface area contributed by atoms with Gasteiger partial charge in [-0.25, -0.2) is 9.07 Å². The Morgan fingerprint density at radius 2 is 2.13 bits per heavy atom. The van der Waals surface area contributed by atoms with Crippen LogP contribution in [-0.4, -0.2) is 21.0 Å². The SMILES string of the molecule is Cn1nnc(Br)c1C1(F)CCC(N)CC1. The van der Waals surface area contributed by atoms with Gasteiger partial charge in [-0.15, -0.1) is 5.10 Å². The van der Waals surface area contributed by atoms with Crippen molar-refractivity contribution in [3.63, 3.8) is 0 Å². The van der Waals surface area contributed by atoms with E-state index in [-0.39, 0.29) is 6.04 Å². The maximum atomic E-state index is 14.6. The summed E-state index contributed by atoms with van der Waals surface area (Å²) in [6.45, 7) is 0. The van der Waals surface area contributed by atoms with Crippen molar-refractivity contribution in [2.75, 3.05) is 0 Å². The Bertz CT molecular complexity index is 337. The zero-order chi connectivity index (χ0) is 11.1. The number of aromatic nitrogens is 3. The zero-order valence-corrected chi connectivity index (χ0v) is 10.2. The fourth-order valence-electron chi connectivity index (χ4n) is 2.14. The summed E-state index contributed by atoms with van der Waals surface area (Å²) < 4.78 is 16.7. The van der Waals surface area contributed by atoms with E-state index in [1.165, 1.54) is 4.68 Å². The molecule has 0 spiro atoms. The molecule has 6 heteroatoms. The first-order chi connectivity index (χ1) is 7.03. The highest BCUT2D eigenvalue weighted by atomic mass is 79.9. The Kier molecular flexibility index (Phi) is 2.81. The molecule has 1 aliphatic carbocycles. The van der Waals surface area contributed by atoms with Gasteiger partial charge in [0.25, 0.3) is 0 Å². The third-order valence-electron chi connectivity index (χ3n) is 3.03. The molecular weight excluding hydrogens is 263 g/mol. The van der Waals surface area contributed by atoms with Crippen LogP contribution in [0.1, 0.15) is 31.4 Å². The van der Waals surface area contributed by atoms with Gasteiger partial charge in [-0.2, -0.15) is 0 Å². The number of nitrogens with two attached hydrogens (primary N) is 1. The van der Waals surface area contributed by atoms with Crippen molar-refractivity contribution >= 4 is 15.9 Å². The van der Waals surface area contributed by atoms with E-state index >= 15 is 0 Å². The van der Waals surface area contributed by atoms with Gasteiger partial charge in [0, 0.05) is 13.1 Å². The minimum Gasteiger partial charge on any atom is -0.328 e. The highest BCUT2D eigenvalue weighted by molar-refractivity contribution is 9.10. The van der Waals surface area contributed by atoms with Crippen molar-refractivity contribution in [3.8, 4) is 0 Å².